The van der Waals surface area contributed by atoms with E-state index in [2.05, 4.69) is 26.5 Å². The summed E-state index contributed by atoms with van der Waals surface area (Å²) in [5.41, 5.74) is 3.43. The van der Waals surface area contributed by atoms with E-state index in [1.54, 1.807) is 48.5 Å². The molecule has 1 N–H and O–H groups in total. The van der Waals surface area contributed by atoms with Gasteiger partial charge in [-0.05, 0) is 74.7 Å². The second-order valence-corrected chi connectivity index (χ2v) is 8.78. The number of hydrogen-bond donors (Lipinski definition) is 1. The highest BCUT2D eigenvalue weighted by molar-refractivity contribution is 9.10. The van der Waals surface area contributed by atoms with Gasteiger partial charge in [0.15, 0.2) is 18.1 Å². The zero-order valence-corrected chi connectivity index (χ0v) is 21.4. The molecule has 0 unspecified atom stereocenters. The molecule has 0 atom stereocenters. The zero-order valence-electron chi connectivity index (χ0n) is 19.0. The Morgan fingerprint density at radius 3 is 2.56 bits per heavy atom. The monoisotopic (exact) mass is 566 g/mol. The number of hydrogen-bond acceptors (Lipinski definition) is 6. The minimum Gasteiger partial charge on any atom is -0.493 e. The molecule has 0 saturated heterocycles. The van der Waals surface area contributed by atoms with Crippen molar-refractivity contribution in [3.05, 3.63) is 99.5 Å². The van der Waals surface area contributed by atoms with Gasteiger partial charge in [-0.2, -0.15) is 5.10 Å². The second-order valence-electron chi connectivity index (χ2n) is 7.49. The highest BCUT2D eigenvalue weighted by atomic mass is 79.9. The third-order valence-electron chi connectivity index (χ3n) is 5.04. The Bertz CT molecular complexity index is 1440. The van der Waals surface area contributed by atoms with Crippen LogP contribution in [0.2, 0.25) is 5.02 Å². The van der Waals surface area contributed by atoms with Gasteiger partial charge in [-0.15, -0.1) is 0 Å². The Morgan fingerprint density at radius 1 is 1.03 bits per heavy atom. The lowest BCUT2D eigenvalue weighted by Gasteiger charge is -2.13. The molecule has 4 aromatic rings. The second kappa shape index (κ2) is 11.7. The van der Waals surface area contributed by atoms with Gasteiger partial charge in [0.25, 0.3) is 5.91 Å². The number of fused-ring (bicyclic) bond motifs is 1. The summed E-state index contributed by atoms with van der Waals surface area (Å²) >= 11 is 9.26. The molecular formula is C27H20BrClN2O5. The van der Waals surface area contributed by atoms with E-state index in [0.717, 1.165) is 10.8 Å². The van der Waals surface area contributed by atoms with Gasteiger partial charge in [0, 0.05) is 5.02 Å². The summed E-state index contributed by atoms with van der Waals surface area (Å²) in [7, 11) is 1.47. The topological polar surface area (TPSA) is 86.2 Å². The van der Waals surface area contributed by atoms with Gasteiger partial charge in [0.2, 0.25) is 0 Å². The molecule has 0 fully saturated rings. The maximum atomic E-state index is 13.0. The van der Waals surface area contributed by atoms with E-state index in [0.29, 0.717) is 32.1 Å². The Labute approximate surface area is 220 Å². The van der Waals surface area contributed by atoms with E-state index in [4.69, 9.17) is 25.8 Å². The minimum absolute atomic E-state index is 0.213. The Balaban J connectivity index is 1.42. The first-order valence-corrected chi connectivity index (χ1v) is 11.9. The fraction of sp³-hybridized carbons (Fsp3) is 0.0741. The molecule has 7 nitrogen and oxygen atoms in total. The van der Waals surface area contributed by atoms with Crippen molar-refractivity contribution >= 4 is 56.4 Å². The molecule has 36 heavy (non-hydrogen) atoms. The van der Waals surface area contributed by atoms with E-state index < -0.39 is 11.9 Å². The first-order chi connectivity index (χ1) is 17.4. The first kappa shape index (κ1) is 25.2. The van der Waals surface area contributed by atoms with Crippen molar-refractivity contribution in [2.75, 3.05) is 13.7 Å². The van der Waals surface area contributed by atoms with Crippen LogP contribution >= 0.6 is 27.5 Å². The van der Waals surface area contributed by atoms with Crippen LogP contribution in [0, 0.1) is 0 Å². The van der Waals surface area contributed by atoms with Gasteiger partial charge in [-0.25, -0.2) is 10.2 Å². The largest absolute Gasteiger partial charge is 0.493 e. The molecule has 0 aromatic heterocycles. The normalized spacial score (nSPS) is 10.9. The van der Waals surface area contributed by atoms with E-state index >= 15 is 0 Å². The van der Waals surface area contributed by atoms with Gasteiger partial charge in [-0.1, -0.05) is 48.0 Å². The molecule has 0 aliphatic heterocycles. The van der Waals surface area contributed by atoms with E-state index in [-0.39, 0.29) is 12.4 Å². The number of carbonyl (C=O) groups is 2. The summed E-state index contributed by atoms with van der Waals surface area (Å²) in [6.07, 6.45) is 1.43. The quantitative estimate of drug-likeness (QED) is 0.122. The molecule has 0 saturated carbocycles. The summed E-state index contributed by atoms with van der Waals surface area (Å²) in [5, 5.41) is 6.25. The highest BCUT2D eigenvalue weighted by Gasteiger charge is 2.18. The van der Waals surface area contributed by atoms with Crippen LogP contribution in [0.25, 0.3) is 10.8 Å². The standard InChI is InChI=1S/C27H20BrClN2O5/c1-34-24-14-17(15-30-31-25(32)16-35-20-11-9-19(29)10-12-20)13-23(28)26(24)36-27(33)22-8-4-6-18-5-2-3-7-21(18)22/h2-15H,16H2,1H3,(H,31,32)/b30-15-. The van der Waals surface area contributed by atoms with Crippen LogP contribution < -0.4 is 19.6 Å². The SMILES string of the molecule is COc1cc(/C=N\NC(=O)COc2ccc(Cl)cc2)cc(Br)c1OC(=O)c1cccc2ccccc12. The van der Waals surface area contributed by atoms with Gasteiger partial charge in [0.1, 0.15) is 5.75 Å². The fourth-order valence-electron chi connectivity index (χ4n) is 3.36. The Kier molecular flexibility index (Phi) is 8.20. The van der Waals surface area contributed by atoms with Crippen LogP contribution in [0.5, 0.6) is 17.2 Å². The molecule has 0 bridgehead atoms. The number of amides is 1. The summed E-state index contributed by atoms with van der Waals surface area (Å²) < 4.78 is 17.0. The van der Waals surface area contributed by atoms with E-state index in [1.165, 1.54) is 13.3 Å². The number of nitrogens with zero attached hydrogens (tertiary/aromatic N) is 1. The van der Waals surface area contributed by atoms with Crippen molar-refractivity contribution in [2.24, 2.45) is 5.10 Å². The number of halogens is 2. The summed E-state index contributed by atoms with van der Waals surface area (Å²) in [6, 6.07) is 23.0. The van der Waals surface area contributed by atoms with Gasteiger partial charge >= 0.3 is 5.97 Å². The lowest BCUT2D eigenvalue weighted by molar-refractivity contribution is -0.123. The van der Waals surface area contributed by atoms with Crippen LogP contribution in [0.4, 0.5) is 0 Å². The Morgan fingerprint density at radius 2 is 1.78 bits per heavy atom. The molecule has 1 amide bonds. The third-order valence-corrected chi connectivity index (χ3v) is 5.88. The molecule has 0 aliphatic carbocycles. The predicted octanol–water partition coefficient (Wildman–Crippen LogP) is 6.01. The number of hydrazone groups is 1. The molecule has 182 valence electrons. The number of rotatable bonds is 8. The number of nitrogens with one attached hydrogen (secondary N) is 1. The van der Waals surface area contributed by atoms with Crippen LogP contribution in [-0.2, 0) is 4.79 Å². The zero-order chi connectivity index (χ0) is 25.5. The minimum atomic E-state index is -0.514. The number of esters is 1. The molecule has 4 aromatic carbocycles. The van der Waals surface area contributed by atoms with E-state index in [1.807, 2.05) is 30.3 Å². The molecule has 0 aliphatic rings. The molecule has 0 heterocycles. The van der Waals surface area contributed by atoms with Gasteiger partial charge in [0.05, 0.1) is 23.4 Å². The lowest BCUT2D eigenvalue weighted by atomic mass is 10.0. The smallest absolute Gasteiger partial charge is 0.344 e. The number of carbonyl (C=O) groups excluding carboxylic acids is 2. The molecule has 9 heteroatoms. The van der Waals surface area contributed by atoms with Crippen LogP contribution in [0.3, 0.4) is 0 Å². The number of methoxy groups -OCH3 is 1. The van der Waals surface area contributed by atoms with Crippen molar-refractivity contribution in [3.63, 3.8) is 0 Å². The number of benzene rings is 4. The highest BCUT2D eigenvalue weighted by Crippen LogP contribution is 2.37. The molecule has 0 spiro atoms. The molecule has 4 rings (SSSR count). The van der Waals surface area contributed by atoms with Crippen molar-refractivity contribution in [2.45, 2.75) is 0 Å². The van der Waals surface area contributed by atoms with Crippen molar-refractivity contribution in [1.82, 2.24) is 5.43 Å². The fourth-order valence-corrected chi connectivity index (χ4v) is 4.02. The third kappa shape index (κ3) is 6.21. The van der Waals surface area contributed by atoms with Crippen LogP contribution in [0.15, 0.2) is 88.4 Å². The predicted molar refractivity (Wildman–Crippen MR) is 142 cm³/mol. The van der Waals surface area contributed by atoms with Gasteiger partial charge in [-0.3, -0.25) is 4.79 Å². The Hall–Kier alpha value is -3.88. The maximum Gasteiger partial charge on any atom is 0.344 e. The van der Waals surface area contributed by atoms with Crippen molar-refractivity contribution < 1.29 is 23.8 Å². The van der Waals surface area contributed by atoms with Crippen molar-refractivity contribution in [1.29, 1.82) is 0 Å². The summed E-state index contributed by atoms with van der Waals surface area (Å²) in [4.78, 5) is 25.0. The van der Waals surface area contributed by atoms with Crippen molar-refractivity contribution in [3.8, 4) is 17.2 Å². The van der Waals surface area contributed by atoms with Crippen LogP contribution in [0.1, 0.15) is 15.9 Å². The van der Waals surface area contributed by atoms with E-state index in [9.17, 15) is 9.59 Å². The number of ether oxygens (including phenoxy) is 3. The van der Waals surface area contributed by atoms with Gasteiger partial charge < -0.3 is 14.2 Å². The van der Waals surface area contributed by atoms with Crippen LogP contribution in [-0.4, -0.2) is 31.8 Å². The first-order valence-electron chi connectivity index (χ1n) is 10.7. The molecular weight excluding hydrogens is 548 g/mol. The molecule has 0 radical (unpaired) electrons. The maximum absolute atomic E-state index is 13.0. The summed E-state index contributed by atoms with van der Waals surface area (Å²) in [6.45, 7) is -0.213. The lowest BCUT2D eigenvalue weighted by Crippen LogP contribution is -2.24. The summed E-state index contributed by atoms with van der Waals surface area (Å²) in [5.74, 6) is 0.110. The average molecular weight is 568 g/mol. The average Bonchev–Trinajstić information content (AvgIpc) is 2.89.